The van der Waals surface area contributed by atoms with Gasteiger partial charge in [-0.25, -0.2) is 19.6 Å². The van der Waals surface area contributed by atoms with Crippen molar-refractivity contribution < 1.29 is 66.1 Å². The number of nitrogens with one attached hydrogen (secondary N) is 5. The predicted molar refractivity (Wildman–Crippen MR) is 317 cm³/mol. The number of hydrogen-bond acceptors (Lipinski definition) is 14. The Bertz CT molecular complexity index is 2590. The zero-order valence-electron chi connectivity index (χ0n) is 50.1. The van der Waals surface area contributed by atoms with Gasteiger partial charge in [-0.15, -0.1) is 29.8 Å². The number of fused-ring (bicyclic) bond motifs is 4. The summed E-state index contributed by atoms with van der Waals surface area (Å²) in [6, 6.07) is 4.17. The highest BCUT2D eigenvalue weighted by molar-refractivity contribution is 6.25. The van der Waals surface area contributed by atoms with Gasteiger partial charge in [-0.1, -0.05) is 72.4 Å². The number of nitrogens with zero attached hydrogens (tertiary/aromatic N) is 2. The van der Waals surface area contributed by atoms with Crippen molar-refractivity contribution in [3.63, 3.8) is 0 Å². The molecule has 466 valence electrons. The van der Waals surface area contributed by atoms with Crippen molar-refractivity contribution in [1.29, 1.82) is 0 Å². The summed E-state index contributed by atoms with van der Waals surface area (Å²) >= 11 is 10.1. The smallest absolute Gasteiger partial charge is 0.325 e. The van der Waals surface area contributed by atoms with Gasteiger partial charge in [-0.3, -0.25) is 48.4 Å². The van der Waals surface area contributed by atoms with Crippen LogP contribution in [0.5, 0.6) is 11.5 Å². The van der Waals surface area contributed by atoms with Crippen LogP contribution < -0.4 is 36.3 Å². The van der Waals surface area contributed by atoms with Crippen LogP contribution in [-0.4, -0.2) is 126 Å². The van der Waals surface area contributed by atoms with Gasteiger partial charge in [0.05, 0.1) is 0 Å². The molecular weight excluding hydrogens is 1130 g/mol. The summed E-state index contributed by atoms with van der Waals surface area (Å²) < 4.78 is 51.3. The van der Waals surface area contributed by atoms with Crippen molar-refractivity contribution in [2.24, 2.45) is 29.6 Å². The van der Waals surface area contributed by atoms with Crippen molar-refractivity contribution in [1.82, 2.24) is 36.8 Å². The monoisotopic (exact) mass is 1220 g/mol. The first-order valence-corrected chi connectivity index (χ1v) is 29.7. The minimum atomic E-state index is -0.931. The standard InChI is InChI=1S/C30H43FN4O6.C29H40FN3O6.C2H4Cl2/c1-8-11-19(5)27(36)33-26(18(3)4)28(37)32-20(6)29(38)35-15-10-12-25(34-35)30(39)41-21(7)23-17-22(40-16-9-2)13-14-24(23)31;1-17(2)22-16-26(34)18(3)9-6-7-14-38-21-11-12-24(30)23(15-21)20(5)39-29(37)25-10-8-13-33(32-25)28(36)19(4)31-27(22)35;3-1-2-4/h8-9,13-14,17-21,25-26,34H,1-2,10-12,15-16H2,3-7H3,(H,32,37)(H,33,36);6-7,11-12,15,17-20,22,25,32H,8-10,13-14,16H2,1-5H3,(H,31,35);1-2H2/b;7-6+;/t19-,20+,21-,25+,26+;18-,19+,20-,22+,25+;/m11./s1. The number of hydrogen-bond donors (Lipinski definition) is 5. The van der Waals surface area contributed by atoms with Gasteiger partial charge in [-0.2, -0.15) is 0 Å². The van der Waals surface area contributed by atoms with E-state index in [9.17, 15) is 47.1 Å². The third kappa shape index (κ3) is 22.9. The first kappa shape index (κ1) is 71.8. The average molecular weight is 1220 g/mol. The normalized spacial score (nSPS) is 22.6. The molecule has 3 aliphatic rings. The fraction of sp³-hybridized carbons (Fsp3) is 0.574. The number of allylic oxidation sites excluding steroid dienone is 2. The van der Waals surface area contributed by atoms with E-state index in [1.807, 2.05) is 26.8 Å². The van der Waals surface area contributed by atoms with Crippen LogP contribution in [0.15, 0.2) is 73.9 Å². The van der Waals surface area contributed by atoms with E-state index in [1.165, 1.54) is 53.3 Å². The van der Waals surface area contributed by atoms with Crippen LogP contribution in [0.25, 0.3) is 0 Å². The van der Waals surface area contributed by atoms with Crippen LogP contribution in [0.4, 0.5) is 8.78 Å². The van der Waals surface area contributed by atoms with E-state index in [0.717, 1.165) is 0 Å². The van der Waals surface area contributed by atoms with Crippen LogP contribution in [0, 0.1) is 41.2 Å². The lowest BCUT2D eigenvalue weighted by Gasteiger charge is -2.35. The van der Waals surface area contributed by atoms with E-state index in [-0.39, 0.29) is 72.0 Å². The third-order valence-electron chi connectivity index (χ3n) is 14.1. The molecule has 0 saturated carbocycles. The molecule has 5 rings (SSSR count). The first-order chi connectivity index (χ1) is 39.8. The zero-order valence-corrected chi connectivity index (χ0v) is 51.6. The molecule has 5 N–H and O–H groups in total. The molecule has 4 bridgehead atoms. The van der Waals surface area contributed by atoms with Gasteiger partial charge >= 0.3 is 11.9 Å². The summed E-state index contributed by atoms with van der Waals surface area (Å²) in [6.45, 7) is 25.5. The van der Waals surface area contributed by atoms with Crippen LogP contribution in [0.3, 0.4) is 0 Å². The van der Waals surface area contributed by atoms with Crippen LogP contribution >= 0.6 is 23.2 Å². The highest BCUT2D eigenvalue weighted by atomic mass is 35.5. The molecule has 19 nitrogen and oxygen atoms in total. The topological polar surface area (TPSA) is 240 Å². The Morgan fingerprint density at radius 1 is 0.845 bits per heavy atom. The average Bonchev–Trinajstić information content (AvgIpc) is 3.61. The first-order valence-electron chi connectivity index (χ1n) is 28.6. The van der Waals surface area contributed by atoms with Crippen molar-refractivity contribution in [2.45, 2.75) is 157 Å². The number of ketones is 1. The highest BCUT2D eigenvalue weighted by Gasteiger charge is 2.37. The number of hydrazine groups is 2. The number of ether oxygens (including phenoxy) is 4. The summed E-state index contributed by atoms with van der Waals surface area (Å²) in [4.78, 5) is 104. The molecule has 2 saturated heterocycles. The largest absolute Gasteiger partial charge is 0.490 e. The Kier molecular flexibility index (Phi) is 31.2. The lowest BCUT2D eigenvalue weighted by atomic mass is 9.86. The fourth-order valence-electron chi connectivity index (χ4n) is 8.97. The predicted octanol–water partition coefficient (Wildman–Crippen LogP) is 8.45. The van der Waals surface area contributed by atoms with Crippen LogP contribution in [-0.2, 0) is 47.8 Å². The number of carbonyl (C=O) groups excluding carboxylic acids is 8. The molecule has 0 aromatic heterocycles. The molecule has 5 amide bonds. The SMILES string of the molecule is C=CCOc1ccc(F)c([C@@H](C)OC(=O)[C@@H]2CCCN(C(=O)[C@H](C)NC(=O)[C@@H](NC(=O)[C@H](C)CC=C)C(C)C)N2)c1.CC(C)[C@@H]1CC(=O)[C@H](C)C/C=C/COc2ccc(F)c(c2)[C@@H](C)OC(=O)[C@@H]2CCCN(N2)C(=O)[C@H](C)NC1=O.ClCCCl. The molecule has 0 radical (unpaired) electrons. The number of alkyl halides is 2. The third-order valence-corrected chi connectivity index (χ3v) is 14.7. The molecular formula is C61H87Cl2F2N7O12. The summed E-state index contributed by atoms with van der Waals surface area (Å²) in [7, 11) is 0. The number of carbonyl (C=O) groups is 8. The number of Topliss-reactive ketones (excluding diaryl/α,β-unsaturated/α-hetero) is 1. The summed E-state index contributed by atoms with van der Waals surface area (Å²) in [5.74, 6) is -3.92. The summed E-state index contributed by atoms with van der Waals surface area (Å²) in [5, 5.41) is 10.8. The Balaban J connectivity index is 0.000000414. The lowest BCUT2D eigenvalue weighted by molar-refractivity contribution is -0.158. The molecule has 2 aromatic carbocycles. The molecule has 2 aromatic rings. The second kappa shape index (κ2) is 36.4. The highest BCUT2D eigenvalue weighted by Crippen LogP contribution is 2.29. The van der Waals surface area contributed by atoms with Gasteiger partial charge < -0.3 is 34.9 Å². The minimum absolute atomic E-state index is 0.0354. The van der Waals surface area contributed by atoms with E-state index in [2.05, 4.69) is 40.0 Å². The molecule has 10 atom stereocenters. The fourth-order valence-corrected chi connectivity index (χ4v) is 8.97. The van der Waals surface area contributed by atoms with Crippen molar-refractivity contribution in [3.8, 4) is 11.5 Å². The quantitative estimate of drug-likeness (QED) is 0.0602. The van der Waals surface area contributed by atoms with Crippen molar-refractivity contribution in [3.05, 3.63) is 96.6 Å². The van der Waals surface area contributed by atoms with Gasteiger partial charge in [0, 0.05) is 60.2 Å². The summed E-state index contributed by atoms with van der Waals surface area (Å²) in [5.41, 5.74) is 6.11. The Labute approximate surface area is 503 Å². The van der Waals surface area contributed by atoms with E-state index in [1.54, 1.807) is 59.8 Å². The maximum atomic E-state index is 14.6. The molecule has 3 aliphatic heterocycles. The minimum Gasteiger partial charge on any atom is -0.490 e. The molecule has 84 heavy (non-hydrogen) atoms. The molecule has 0 unspecified atom stereocenters. The van der Waals surface area contributed by atoms with Crippen molar-refractivity contribution >= 4 is 70.5 Å². The number of amides is 5. The van der Waals surface area contributed by atoms with Gasteiger partial charge in [0.15, 0.2) is 0 Å². The number of halogens is 4. The van der Waals surface area contributed by atoms with Gasteiger partial charge in [-0.05, 0) is 114 Å². The molecule has 3 heterocycles. The summed E-state index contributed by atoms with van der Waals surface area (Å²) in [6.07, 6.45) is 7.95. The van der Waals surface area contributed by atoms with Crippen molar-refractivity contribution in [2.75, 3.05) is 38.1 Å². The van der Waals surface area contributed by atoms with E-state index < -0.39 is 89.6 Å². The van der Waals surface area contributed by atoms with E-state index in [0.29, 0.717) is 74.9 Å². The maximum absolute atomic E-state index is 14.6. The molecule has 2 fully saturated rings. The van der Waals surface area contributed by atoms with Gasteiger partial charge in [0.2, 0.25) is 17.7 Å². The van der Waals surface area contributed by atoms with Gasteiger partial charge in [0.25, 0.3) is 11.8 Å². The number of rotatable bonds is 16. The second-order valence-corrected chi connectivity index (χ2v) is 22.4. The van der Waals surface area contributed by atoms with Crippen LogP contribution in [0.2, 0.25) is 0 Å². The van der Waals surface area contributed by atoms with E-state index >= 15 is 0 Å². The van der Waals surface area contributed by atoms with Crippen LogP contribution in [0.1, 0.15) is 138 Å². The number of benzene rings is 2. The second-order valence-electron chi connectivity index (χ2n) is 21.7. The molecule has 0 spiro atoms. The van der Waals surface area contributed by atoms with E-state index in [4.69, 9.17) is 42.1 Å². The zero-order chi connectivity index (χ0) is 62.8. The maximum Gasteiger partial charge on any atom is 0.325 e. The molecule has 23 heteroatoms. The Hall–Kier alpha value is -6.42. The lowest BCUT2D eigenvalue weighted by Crippen LogP contribution is -2.61. The Morgan fingerprint density at radius 2 is 1.52 bits per heavy atom. The number of esters is 2. The van der Waals surface area contributed by atoms with Gasteiger partial charge in [0.1, 0.15) is 84.5 Å². The molecule has 0 aliphatic carbocycles. The number of cyclic esters (lactones) is 1. The Morgan fingerprint density at radius 3 is 2.17 bits per heavy atom.